The normalized spacial score (nSPS) is 24.2. The highest BCUT2D eigenvalue weighted by molar-refractivity contribution is 7.74. The summed E-state index contributed by atoms with van der Waals surface area (Å²) in [5.41, 5.74) is 0. The molecule has 0 spiro atoms. The molecule has 9 nitrogen and oxygen atoms in total. The molecule has 0 aromatic heterocycles. The maximum Gasteiger partial charge on any atom is 0.368 e. The smallest absolute Gasteiger partial charge is 0.368 e. The van der Waals surface area contributed by atoms with Gasteiger partial charge in [0.2, 0.25) is 15.2 Å². The van der Waals surface area contributed by atoms with Crippen LogP contribution in [0.1, 0.15) is 0 Å². The second kappa shape index (κ2) is 4.53. The Hall–Kier alpha value is 0.310. The van der Waals surface area contributed by atoms with Gasteiger partial charge in [0.25, 0.3) is 7.82 Å². The van der Waals surface area contributed by atoms with Crippen LogP contribution < -0.4 is 14.7 Å². The van der Waals surface area contributed by atoms with Crippen LogP contribution in [0.2, 0.25) is 0 Å². The van der Waals surface area contributed by atoms with Gasteiger partial charge in [-0.1, -0.05) is 0 Å². The fourth-order valence-corrected chi connectivity index (χ4v) is 3.65. The number of rotatable bonds is 5. The van der Waals surface area contributed by atoms with Crippen LogP contribution in [0.15, 0.2) is 0 Å². The van der Waals surface area contributed by atoms with Gasteiger partial charge in [0.05, 0.1) is 0 Å². The summed E-state index contributed by atoms with van der Waals surface area (Å²) in [4.78, 5) is 38.9. The van der Waals surface area contributed by atoms with Gasteiger partial charge < -0.3 is 33.2 Å². The molecule has 3 unspecified atom stereocenters. The molecule has 0 saturated carbocycles. The summed E-state index contributed by atoms with van der Waals surface area (Å²) in [6.45, 7) is 0. The van der Waals surface area contributed by atoms with Crippen LogP contribution in [0.25, 0.3) is 0 Å². The third kappa shape index (κ3) is 3.40. The molecule has 3 atom stereocenters. The topological polar surface area (TPSA) is 159 Å². The number of halogens is 2. The Bertz CT molecular complexity index is 398. The largest absolute Gasteiger partial charge is 0.774 e. The fraction of sp³-hybridized carbons (Fsp3) is 1.00. The molecule has 14 heteroatoms. The Morgan fingerprint density at radius 2 is 1.56 bits per heavy atom. The Balaban J connectivity index is 5.32. The first-order chi connectivity index (χ1) is 6.77. The van der Waals surface area contributed by atoms with E-state index in [0.29, 0.717) is 7.11 Å². The van der Waals surface area contributed by atoms with Crippen molar-refractivity contribution in [3.63, 3.8) is 0 Å². The van der Waals surface area contributed by atoms with Crippen molar-refractivity contribution in [1.82, 2.24) is 0 Å². The molecule has 0 saturated heterocycles. The first-order valence-electron chi connectivity index (χ1n) is 3.08. The van der Waals surface area contributed by atoms with Crippen molar-refractivity contribution < 1.29 is 50.9 Å². The van der Waals surface area contributed by atoms with Gasteiger partial charge in [-0.15, -0.1) is 0 Å². The lowest BCUT2D eigenvalue weighted by Crippen LogP contribution is -2.30. The molecule has 0 aliphatic rings. The molecule has 0 aliphatic carbocycles. The second-order valence-corrected chi connectivity index (χ2v) is 7.66. The zero-order valence-electron chi connectivity index (χ0n) is 7.31. The van der Waals surface area contributed by atoms with Crippen molar-refractivity contribution in [1.29, 1.82) is 0 Å². The maximum atomic E-state index is 12.5. The third-order valence-corrected chi connectivity index (χ3v) is 6.04. The Morgan fingerprint density at radius 3 is 1.81 bits per heavy atom. The van der Waals surface area contributed by atoms with Gasteiger partial charge in [0.15, 0.2) is 0 Å². The average molecular weight is 303 g/mol. The highest BCUT2D eigenvalue weighted by Gasteiger charge is 2.53. The van der Waals surface area contributed by atoms with Gasteiger partial charge in [-0.3, -0.25) is 8.88 Å². The van der Waals surface area contributed by atoms with Crippen LogP contribution in [-0.2, 0) is 22.5 Å². The molecule has 0 radical (unpaired) electrons. The zero-order chi connectivity index (χ0) is 13.4. The minimum Gasteiger partial charge on any atom is -0.774 e. The summed E-state index contributed by atoms with van der Waals surface area (Å²) in [6, 6.07) is 0. The van der Waals surface area contributed by atoms with E-state index in [1.807, 2.05) is 0 Å². The molecule has 0 aliphatic heterocycles. The van der Waals surface area contributed by atoms with E-state index in [-0.39, 0.29) is 0 Å². The Kier molecular flexibility index (Phi) is 4.62. The number of hydrogen-bond acceptors (Lipinski definition) is 8. The summed E-state index contributed by atoms with van der Waals surface area (Å²) in [5, 5.41) is -5.78. The van der Waals surface area contributed by atoms with Crippen molar-refractivity contribution in [3.05, 3.63) is 0 Å². The van der Waals surface area contributed by atoms with Gasteiger partial charge in [-0.25, -0.2) is 0 Å². The van der Waals surface area contributed by atoms with Crippen molar-refractivity contribution >= 4 is 23.0 Å². The zero-order valence-corrected chi connectivity index (χ0v) is 9.99. The summed E-state index contributed by atoms with van der Waals surface area (Å²) in [5.74, 6) is 0. The van der Waals surface area contributed by atoms with Gasteiger partial charge in [0, 0.05) is 7.11 Å². The minimum absolute atomic E-state index is 0.391. The number of phosphoric ester groups is 1. The molecule has 1 N–H and O–H groups in total. The van der Waals surface area contributed by atoms with Crippen LogP contribution in [0.4, 0.5) is 8.78 Å². The van der Waals surface area contributed by atoms with Crippen LogP contribution in [0, 0.1) is 0 Å². The monoisotopic (exact) mass is 303 g/mol. The van der Waals surface area contributed by atoms with Crippen LogP contribution in [-0.4, -0.2) is 17.4 Å². The molecule has 0 aromatic carbocycles. The predicted molar refractivity (Wildman–Crippen MR) is 38.1 cm³/mol. The van der Waals surface area contributed by atoms with Gasteiger partial charge in [-0.05, 0) is 0 Å². The predicted octanol–water partition coefficient (Wildman–Crippen LogP) is -1.23. The van der Waals surface area contributed by atoms with Crippen molar-refractivity contribution in [2.45, 2.75) is 5.40 Å². The van der Waals surface area contributed by atoms with Gasteiger partial charge in [-0.2, -0.15) is 8.78 Å². The minimum atomic E-state index is -6.76. The second-order valence-electron chi connectivity index (χ2n) is 2.24. The highest BCUT2D eigenvalue weighted by atomic mass is 31.3. The standard InChI is InChI=1S/C2H7F2O9P3/c1-12-16(10,11)13-15(8,9)2(3,4)14(5,6)7/h1H3,(H,8,9)(H,10,11)(H2,5,6,7)/p-3. The van der Waals surface area contributed by atoms with Crippen molar-refractivity contribution in [2.75, 3.05) is 7.11 Å². The summed E-state index contributed by atoms with van der Waals surface area (Å²) >= 11 is 0. The molecule has 98 valence electrons. The highest BCUT2D eigenvalue weighted by Crippen LogP contribution is 2.73. The van der Waals surface area contributed by atoms with Gasteiger partial charge in [0.1, 0.15) is 0 Å². The lowest BCUT2D eigenvalue weighted by molar-refractivity contribution is -0.243. The van der Waals surface area contributed by atoms with E-state index in [1.165, 1.54) is 0 Å². The van der Waals surface area contributed by atoms with Crippen LogP contribution in [0.3, 0.4) is 0 Å². The van der Waals surface area contributed by atoms with E-state index in [1.54, 1.807) is 0 Å². The fourth-order valence-electron chi connectivity index (χ4n) is 0.369. The van der Waals surface area contributed by atoms with Crippen molar-refractivity contribution in [2.24, 2.45) is 0 Å². The molecule has 0 fully saturated rings. The average Bonchev–Trinajstić information content (AvgIpc) is 2.00. The molecule has 0 heterocycles. The van der Waals surface area contributed by atoms with E-state index >= 15 is 0 Å². The first-order valence-corrected chi connectivity index (χ1v) is 7.66. The summed E-state index contributed by atoms with van der Waals surface area (Å²) in [7, 11) is -18.7. The van der Waals surface area contributed by atoms with E-state index < -0.39 is 28.4 Å². The lowest BCUT2D eigenvalue weighted by Gasteiger charge is -2.38. The van der Waals surface area contributed by atoms with E-state index in [0.717, 1.165) is 0 Å². The molecular weight excluding hydrogens is 299 g/mol. The SMILES string of the molecule is COP(=O)([O-])OP(=O)([O-])C(F)(F)P(=O)([O-])O. The van der Waals surface area contributed by atoms with E-state index in [2.05, 4.69) is 8.83 Å². The van der Waals surface area contributed by atoms with E-state index in [4.69, 9.17) is 4.89 Å². The Morgan fingerprint density at radius 1 is 1.19 bits per heavy atom. The molecule has 16 heavy (non-hydrogen) atoms. The molecule has 0 amide bonds. The van der Waals surface area contributed by atoms with Gasteiger partial charge >= 0.3 is 5.40 Å². The third-order valence-electron chi connectivity index (χ3n) is 1.10. The Labute approximate surface area is 87.3 Å². The van der Waals surface area contributed by atoms with E-state index in [9.17, 15) is 37.2 Å². The maximum absolute atomic E-state index is 12.5. The van der Waals surface area contributed by atoms with Crippen LogP contribution in [0.5, 0.6) is 0 Å². The van der Waals surface area contributed by atoms with Crippen molar-refractivity contribution in [3.8, 4) is 0 Å². The quantitative estimate of drug-likeness (QED) is 0.613. The number of phosphoric acid groups is 1. The molecule has 0 bridgehead atoms. The number of hydrogen-bond donors (Lipinski definition) is 1. The molecule has 0 rings (SSSR count). The summed E-state index contributed by atoms with van der Waals surface area (Å²) < 4.78 is 62.3. The van der Waals surface area contributed by atoms with Crippen LogP contribution >= 0.6 is 23.0 Å². The first kappa shape index (κ1) is 16.3. The molecular formula is C2H4F2O9P3-3. The summed E-state index contributed by atoms with van der Waals surface area (Å²) in [6.07, 6.45) is 0. The lowest BCUT2D eigenvalue weighted by atomic mass is 11.6. The molecule has 0 aromatic rings. The number of alkyl halides is 2.